The molecule has 0 bridgehead atoms. The topological polar surface area (TPSA) is 23.6 Å². The van der Waals surface area contributed by atoms with Gasteiger partial charge in [0.25, 0.3) is 0 Å². The Hall–Kier alpha value is -0.570. The molecule has 2 heterocycles. The van der Waals surface area contributed by atoms with Crippen LogP contribution >= 0.6 is 0 Å². The van der Waals surface area contributed by atoms with E-state index in [9.17, 15) is 4.79 Å². The maximum Gasteiger partial charge on any atom is 0.222 e. The first-order valence-electron chi connectivity index (χ1n) is 9.08. The number of likely N-dealkylation sites (tertiary alicyclic amines) is 2. The third-order valence-electron chi connectivity index (χ3n) is 5.37. The molecule has 1 amide bonds. The van der Waals surface area contributed by atoms with E-state index in [-0.39, 0.29) is 0 Å². The van der Waals surface area contributed by atoms with E-state index >= 15 is 0 Å². The third-order valence-corrected chi connectivity index (χ3v) is 5.37. The van der Waals surface area contributed by atoms with Crippen molar-refractivity contribution >= 4 is 5.91 Å². The van der Waals surface area contributed by atoms with Crippen LogP contribution in [0.2, 0.25) is 0 Å². The van der Waals surface area contributed by atoms with Crippen molar-refractivity contribution in [1.82, 2.24) is 9.80 Å². The molecule has 0 aliphatic carbocycles. The summed E-state index contributed by atoms with van der Waals surface area (Å²) in [5.41, 5.74) is 0. The van der Waals surface area contributed by atoms with E-state index < -0.39 is 0 Å². The fourth-order valence-electron chi connectivity index (χ4n) is 3.91. The summed E-state index contributed by atoms with van der Waals surface area (Å²) < 4.78 is 0. The van der Waals surface area contributed by atoms with E-state index in [0.29, 0.717) is 11.8 Å². The molecule has 0 aromatic carbocycles. The minimum absolute atomic E-state index is 0.375. The van der Waals surface area contributed by atoms with Crippen LogP contribution in [0.1, 0.15) is 59.3 Å². The Morgan fingerprint density at radius 1 is 1.00 bits per heavy atom. The van der Waals surface area contributed by atoms with Crippen LogP contribution in [0, 0.1) is 17.8 Å². The molecule has 0 unspecified atom stereocenters. The highest BCUT2D eigenvalue weighted by atomic mass is 16.2. The number of hydrogen-bond donors (Lipinski definition) is 0. The Balaban J connectivity index is 1.66. The van der Waals surface area contributed by atoms with Crippen molar-refractivity contribution in [3.8, 4) is 0 Å². The molecule has 122 valence electrons. The van der Waals surface area contributed by atoms with E-state index in [2.05, 4.69) is 30.6 Å². The second-order valence-electron chi connectivity index (χ2n) is 7.54. The average Bonchev–Trinajstić information content (AvgIpc) is 2.48. The molecule has 21 heavy (non-hydrogen) atoms. The molecule has 2 saturated heterocycles. The standard InChI is InChI=1S/C18H34N2O/c1-4-19-9-5-16(6-10-19)14-17-7-11-20(12-8-17)18(21)13-15(2)3/h15-17H,4-14H2,1-3H3. The van der Waals surface area contributed by atoms with Gasteiger partial charge in [-0.25, -0.2) is 0 Å². The Kier molecular flexibility index (Phi) is 6.53. The van der Waals surface area contributed by atoms with Gasteiger partial charge in [0, 0.05) is 19.5 Å². The zero-order chi connectivity index (χ0) is 15.2. The van der Waals surface area contributed by atoms with Gasteiger partial charge in [0.2, 0.25) is 5.91 Å². The molecule has 2 rings (SSSR count). The lowest BCUT2D eigenvalue weighted by Crippen LogP contribution is -2.40. The summed E-state index contributed by atoms with van der Waals surface area (Å²) in [5, 5.41) is 0. The van der Waals surface area contributed by atoms with Gasteiger partial charge in [-0.3, -0.25) is 4.79 Å². The molecular weight excluding hydrogens is 260 g/mol. The summed E-state index contributed by atoms with van der Waals surface area (Å²) in [7, 11) is 0. The lowest BCUT2D eigenvalue weighted by Gasteiger charge is -2.36. The molecule has 0 aromatic heterocycles. The largest absolute Gasteiger partial charge is 0.343 e. The van der Waals surface area contributed by atoms with E-state index in [1.54, 1.807) is 0 Å². The number of carbonyl (C=O) groups excluding carboxylic acids is 1. The molecule has 0 saturated carbocycles. The summed E-state index contributed by atoms with van der Waals surface area (Å²) in [5.74, 6) is 2.67. The zero-order valence-electron chi connectivity index (χ0n) is 14.3. The highest BCUT2D eigenvalue weighted by molar-refractivity contribution is 5.76. The van der Waals surface area contributed by atoms with Gasteiger partial charge in [0.15, 0.2) is 0 Å². The van der Waals surface area contributed by atoms with E-state index in [1.807, 2.05) is 0 Å². The molecule has 0 atom stereocenters. The number of carbonyl (C=O) groups is 1. The van der Waals surface area contributed by atoms with Gasteiger partial charge < -0.3 is 9.80 Å². The summed E-state index contributed by atoms with van der Waals surface area (Å²) in [6.45, 7) is 12.3. The van der Waals surface area contributed by atoms with Gasteiger partial charge in [-0.15, -0.1) is 0 Å². The van der Waals surface area contributed by atoms with Crippen molar-refractivity contribution < 1.29 is 4.79 Å². The SMILES string of the molecule is CCN1CCC(CC2CCN(C(=O)CC(C)C)CC2)CC1. The first-order valence-corrected chi connectivity index (χ1v) is 9.08. The van der Waals surface area contributed by atoms with Crippen LogP contribution in [-0.2, 0) is 4.79 Å². The Morgan fingerprint density at radius 3 is 2.00 bits per heavy atom. The van der Waals surface area contributed by atoms with Gasteiger partial charge >= 0.3 is 0 Å². The Labute approximate surface area is 131 Å². The first kappa shape index (κ1) is 16.8. The van der Waals surface area contributed by atoms with Crippen LogP contribution in [-0.4, -0.2) is 48.4 Å². The molecular formula is C18H34N2O. The van der Waals surface area contributed by atoms with Gasteiger partial charge in [-0.2, -0.15) is 0 Å². The predicted octanol–water partition coefficient (Wildman–Crippen LogP) is 3.39. The minimum atomic E-state index is 0.375. The number of amides is 1. The van der Waals surface area contributed by atoms with Crippen LogP contribution in [0.4, 0.5) is 0 Å². The third kappa shape index (κ3) is 5.28. The van der Waals surface area contributed by atoms with E-state index in [1.165, 1.54) is 51.7 Å². The van der Waals surface area contributed by atoms with Gasteiger partial charge in [0.1, 0.15) is 0 Å². The maximum absolute atomic E-state index is 12.1. The van der Waals surface area contributed by atoms with Crippen LogP contribution in [0.3, 0.4) is 0 Å². The molecule has 3 heteroatoms. The van der Waals surface area contributed by atoms with Crippen molar-refractivity contribution in [2.45, 2.75) is 59.3 Å². The first-order chi connectivity index (χ1) is 10.1. The second kappa shape index (κ2) is 8.17. The van der Waals surface area contributed by atoms with Gasteiger partial charge in [-0.05, 0) is 69.5 Å². The summed E-state index contributed by atoms with van der Waals surface area (Å²) in [6.07, 6.45) is 7.38. The normalized spacial score (nSPS) is 23.0. The number of piperidine rings is 2. The fraction of sp³-hybridized carbons (Fsp3) is 0.944. The number of rotatable bonds is 5. The lowest BCUT2D eigenvalue weighted by molar-refractivity contribution is -0.133. The zero-order valence-corrected chi connectivity index (χ0v) is 14.3. The van der Waals surface area contributed by atoms with Crippen LogP contribution in [0.5, 0.6) is 0 Å². The van der Waals surface area contributed by atoms with Crippen LogP contribution in [0.25, 0.3) is 0 Å². The van der Waals surface area contributed by atoms with Gasteiger partial charge in [-0.1, -0.05) is 20.8 Å². The Bertz CT molecular complexity index is 313. The fourth-order valence-corrected chi connectivity index (χ4v) is 3.91. The van der Waals surface area contributed by atoms with Crippen molar-refractivity contribution in [3.63, 3.8) is 0 Å². The van der Waals surface area contributed by atoms with Crippen molar-refractivity contribution in [2.75, 3.05) is 32.7 Å². The predicted molar refractivity (Wildman–Crippen MR) is 88.2 cm³/mol. The summed E-state index contributed by atoms with van der Waals surface area (Å²) in [6, 6.07) is 0. The second-order valence-corrected chi connectivity index (χ2v) is 7.54. The monoisotopic (exact) mass is 294 g/mol. The highest BCUT2D eigenvalue weighted by Gasteiger charge is 2.26. The smallest absolute Gasteiger partial charge is 0.222 e. The van der Waals surface area contributed by atoms with E-state index in [4.69, 9.17) is 0 Å². The lowest BCUT2D eigenvalue weighted by atomic mass is 9.82. The summed E-state index contributed by atoms with van der Waals surface area (Å²) in [4.78, 5) is 16.8. The van der Waals surface area contributed by atoms with E-state index in [0.717, 1.165) is 31.3 Å². The molecule has 2 aliphatic heterocycles. The summed E-state index contributed by atoms with van der Waals surface area (Å²) >= 11 is 0. The molecule has 0 aromatic rings. The maximum atomic E-state index is 12.1. The van der Waals surface area contributed by atoms with Crippen molar-refractivity contribution in [3.05, 3.63) is 0 Å². The number of hydrogen-bond acceptors (Lipinski definition) is 2. The molecule has 0 N–H and O–H groups in total. The quantitative estimate of drug-likeness (QED) is 0.776. The minimum Gasteiger partial charge on any atom is -0.343 e. The average molecular weight is 294 g/mol. The molecule has 3 nitrogen and oxygen atoms in total. The van der Waals surface area contributed by atoms with Crippen LogP contribution < -0.4 is 0 Å². The van der Waals surface area contributed by atoms with Crippen molar-refractivity contribution in [2.24, 2.45) is 17.8 Å². The van der Waals surface area contributed by atoms with Crippen molar-refractivity contribution in [1.29, 1.82) is 0 Å². The molecule has 2 aliphatic rings. The highest BCUT2D eigenvalue weighted by Crippen LogP contribution is 2.30. The van der Waals surface area contributed by atoms with Gasteiger partial charge in [0.05, 0.1) is 0 Å². The molecule has 0 spiro atoms. The number of nitrogens with zero attached hydrogens (tertiary/aromatic N) is 2. The van der Waals surface area contributed by atoms with Crippen LogP contribution in [0.15, 0.2) is 0 Å². The molecule has 0 radical (unpaired) electrons. The Morgan fingerprint density at radius 2 is 1.52 bits per heavy atom. The molecule has 2 fully saturated rings.